The van der Waals surface area contributed by atoms with Crippen molar-refractivity contribution in [1.82, 2.24) is 5.32 Å². The number of amides is 1. The fourth-order valence-electron chi connectivity index (χ4n) is 2.45. The zero-order chi connectivity index (χ0) is 16.5. The van der Waals surface area contributed by atoms with Crippen molar-refractivity contribution in [3.05, 3.63) is 71.8 Å². The average molecular weight is 313 g/mol. The SMILES string of the molecule is CC(O)CC(CNC(=O)OCc1ccccc1)c1ccccc1. The smallest absolute Gasteiger partial charge is 0.407 e. The highest BCUT2D eigenvalue weighted by Gasteiger charge is 2.15. The zero-order valence-electron chi connectivity index (χ0n) is 13.3. The maximum Gasteiger partial charge on any atom is 0.407 e. The largest absolute Gasteiger partial charge is 0.445 e. The predicted molar refractivity (Wildman–Crippen MR) is 90.1 cm³/mol. The first-order valence-electron chi connectivity index (χ1n) is 7.82. The van der Waals surface area contributed by atoms with Crippen LogP contribution in [0.4, 0.5) is 4.79 Å². The molecule has 0 aliphatic heterocycles. The molecular formula is C19H23NO3. The number of alkyl carbamates (subject to hydrolysis) is 1. The number of rotatable bonds is 7. The first-order chi connectivity index (χ1) is 11.1. The summed E-state index contributed by atoms with van der Waals surface area (Å²) in [7, 11) is 0. The first-order valence-corrected chi connectivity index (χ1v) is 7.82. The maximum atomic E-state index is 11.8. The summed E-state index contributed by atoms with van der Waals surface area (Å²) in [6.07, 6.45) is -0.286. The Hall–Kier alpha value is -2.33. The minimum absolute atomic E-state index is 0.0560. The molecule has 1 amide bonds. The number of nitrogens with one attached hydrogen (secondary N) is 1. The molecule has 2 unspecified atom stereocenters. The molecule has 2 aromatic rings. The molecule has 2 N–H and O–H groups in total. The molecule has 122 valence electrons. The topological polar surface area (TPSA) is 58.6 Å². The van der Waals surface area contributed by atoms with Crippen LogP contribution >= 0.6 is 0 Å². The predicted octanol–water partition coefficient (Wildman–Crippen LogP) is 3.47. The van der Waals surface area contributed by atoms with Gasteiger partial charge in [0.05, 0.1) is 6.10 Å². The molecule has 0 saturated carbocycles. The molecule has 4 nitrogen and oxygen atoms in total. The Morgan fingerprint density at radius 2 is 1.70 bits per heavy atom. The van der Waals surface area contributed by atoms with Crippen LogP contribution in [-0.4, -0.2) is 23.8 Å². The Labute approximate surface area is 137 Å². The molecule has 4 heteroatoms. The molecule has 2 aromatic carbocycles. The Morgan fingerprint density at radius 1 is 1.09 bits per heavy atom. The lowest BCUT2D eigenvalue weighted by Gasteiger charge is -2.19. The molecule has 0 aliphatic carbocycles. The van der Waals surface area contributed by atoms with Gasteiger partial charge in [0, 0.05) is 12.5 Å². The fourth-order valence-corrected chi connectivity index (χ4v) is 2.45. The molecule has 0 spiro atoms. The van der Waals surface area contributed by atoms with Crippen molar-refractivity contribution in [2.75, 3.05) is 6.54 Å². The molecule has 23 heavy (non-hydrogen) atoms. The van der Waals surface area contributed by atoms with E-state index in [0.29, 0.717) is 13.0 Å². The van der Waals surface area contributed by atoms with E-state index in [2.05, 4.69) is 5.32 Å². The standard InChI is InChI=1S/C19H23NO3/c1-15(21)12-18(17-10-6-3-7-11-17)13-20-19(22)23-14-16-8-4-2-5-9-16/h2-11,15,18,21H,12-14H2,1H3,(H,20,22). The molecule has 0 radical (unpaired) electrons. The third-order valence-electron chi connectivity index (χ3n) is 3.60. The summed E-state index contributed by atoms with van der Waals surface area (Å²) in [5.41, 5.74) is 2.04. The van der Waals surface area contributed by atoms with Gasteiger partial charge in [0.2, 0.25) is 0 Å². The third-order valence-corrected chi connectivity index (χ3v) is 3.60. The number of benzene rings is 2. The molecule has 2 rings (SSSR count). The van der Waals surface area contributed by atoms with Crippen molar-refractivity contribution in [1.29, 1.82) is 0 Å². The zero-order valence-corrected chi connectivity index (χ0v) is 13.3. The van der Waals surface area contributed by atoms with Crippen LogP contribution in [0.3, 0.4) is 0 Å². The summed E-state index contributed by atoms with van der Waals surface area (Å²) in [5.74, 6) is 0.0560. The highest BCUT2D eigenvalue weighted by Crippen LogP contribution is 2.20. The Balaban J connectivity index is 1.84. The van der Waals surface area contributed by atoms with Gasteiger partial charge in [-0.25, -0.2) is 4.79 Å². The van der Waals surface area contributed by atoms with E-state index in [1.54, 1.807) is 6.92 Å². The van der Waals surface area contributed by atoms with Crippen molar-refractivity contribution in [3.63, 3.8) is 0 Å². The number of aliphatic hydroxyl groups is 1. The molecule has 0 saturated heterocycles. The summed E-state index contributed by atoms with van der Waals surface area (Å²) in [5, 5.41) is 12.4. The van der Waals surface area contributed by atoms with E-state index in [1.165, 1.54) is 0 Å². The number of ether oxygens (including phenoxy) is 1. The summed E-state index contributed by atoms with van der Waals surface area (Å²) in [4.78, 5) is 11.8. The quantitative estimate of drug-likeness (QED) is 0.823. The molecule has 0 fully saturated rings. The van der Waals surface area contributed by atoms with Gasteiger partial charge < -0.3 is 15.2 Å². The minimum Gasteiger partial charge on any atom is -0.445 e. The van der Waals surface area contributed by atoms with Crippen LogP contribution in [0.5, 0.6) is 0 Å². The van der Waals surface area contributed by atoms with E-state index in [1.807, 2.05) is 60.7 Å². The Morgan fingerprint density at radius 3 is 2.30 bits per heavy atom. The van der Waals surface area contributed by atoms with Gasteiger partial charge in [0.25, 0.3) is 0 Å². The van der Waals surface area contributed by atoms with E-state index in [4.69, 9.17) is 4.74 Å². The van der Waals surface area contributed by atoms with Crippen molar-refractivity contribution in [3.8, 4) is 0 Å². The second-order valence-corrected chi connectivity index (χ2v) is 5.63. The Bertz CT molecular complexity index is 584. The van der Waals surface area contributed by atoms with Crippen molar-refractivity contribution >= 4 is 6.09 Å². The van der Waals surface area contributed by atoms with Crippen LogP contribution < -0.4 is 5.32 Å². The van der Waals surface area contributed by atoms with Crippen LogP contribution in [0.25, 0.3) is 0 Å². The molecule has 0 aliphatic rings. The van der Waals surface area contributed by atoms with Crippen LogP contribution in [0.2, 0.25) is 0 Å². The van der Waals surface area contributed by atoms with E-state index in [9.17, 15) is 9.90 Å². The molecule has 0 heterocycles. The normalized spacial score (nSPS) is 13.1. The van der Waals surface area contributed by atoms with E-state index in [-0.39, 0.29) is 12.5 Å². The lowest BCUT2D eigenvalue weighted by atomic mass is 9.93. The fraction of sp³-hybridized carbons (Fsp3) is 0.316. The molecule has 0 bridgehead atoms. The minimum atomic E-state index is -0.444. The van der Waals surface area contributed by atoms with Gasteiger partial charge in [-0.2, -0.15) is 0 Å². The first kappa shape index (κ1) is 17.0. The highest BCUT2D eigenvalue weighted by atomic mass is 16.5. The average Bonchev–Trinajstić information content (AvgIpc) is 2.58. The van der Waals surface area contributed by atoms with Crippen molar-refractivity contribution in [2.45, 2.75) is 32.0 Å². The van der Waals surface area contributed by atoms with Crippen molar-refractivity contribution in [2.24, 2.45) is 0 Å². The number of carbonyl (C=O) groups is 1. The van der Waals surface area contributed by atoms with E-state index in [0.717, 1.165) is 11.1 Å². The Kier molecular flexibility index (Phi) is 6.63. The summed E-state index contributed by atoms with van der Waals surface area (Å²) < 4.78 is 5.21. The van der Waals surface area contributed by atoms with Gasteiger partial charge in [-0.15, -0.1) is 0 Å². The lowest BCUT2D eigenvalue weighted by Crippen LogP contribution is -2.30. The van der Waals surface area contributed by atoms with Gasteiger partial charge in [0.15, 0.2) is 0 Å². The van der Waals surface area contributed by atoms with Crippen LogP contribution in [0, 0.1) is 0 Å². The third kappa shape index (κ3) is 6.12. The van der Waals surface area contributed by atoms with Gasteiger partial charge in [-0.3, -0.25) is 0 Å². The van der Waals surface area contributed by atoms with Gasteiger partial charge in [-0.1, -0.05) is 60.7 Å². The number of carbonyl (C=O) groups excluding carboxylic acids is 1. The van der Waals surface area contributed by atoms with Gasteiger partial charge in [0.1, 0.15) is 6.61 Å². The highest BCUT2D eigenvalue weighted by molar-refractivity contribution is 5.67. The van der Waals surface area contributed by atoms with E-state index < -0.39 is 12.2 Å². The van der Waals surface area contributed by atoms with Gasteiger partial charge >= 0.3 is 6.09 Å². The maximum absolute atomic E-state index is 11.8. The molecule has 0 aromatic heterocycles. The second kappa shape index (κ2) is 8.96. The molecular weight excluding hydrogens is 290 g/mol. The summed E-state index contributed by atoms with van der Waals surface area (Å²) in [6, 6.07) is 19.4. The summed E-state index contributed by atoms with van der Waals surface area (Å²) in [6.45, 7) is 2.44. The second-order valence-electron chi connectivity index (χ2n) is 5.63. The lowest BCUT2D eigenvalue weighted by molar-refractivity contribution is 0.136. The molecule has 2 atom stereocenters. The monoisotopic (exact) mass is 313 g/mol. The van der Waals surface area contributed by atoms with Crippen LogP contribution in [-0.2, 0) is 11.3 Å². The summed E-state index contributed by atoms with van der Waals surface area (Å²) >= 11 is 0. The number of hydrogen-bond acceptors (Lipinski definition) is 3. The van der Waals surface area contributed by atoms with Crippen LogP contribution in [0.15, 0.2) is 60.7 Å². The van der Waals surface area contributed by atoms with Crippen LogP contribution in [0.1, 0.15) is 30.4 Å². The van der Waals surface area contributed by atoms with Gasteiger partial charge in [-0.05, 0) is 24.5 Å². The van der Waals surface area contributed by atoms with Crippen molar-refractivity contribution < 1.29 is 14.6 Å². The van der Waals surface area contributed by atoms with E-state index >= 15 is 0 Å². The number of aliphatic hydroxyl groups excluding tert-OH is 1. The number of hydrogen-bond donors (Lipinski definition) is 2.